The maximum absolute atomic E-state index is 11.6. The van der Waals surface area contributed by atoms with Crippen molar-refractivity contribution in [3.05, 3.63) is 39.7 Å². The fourth-order valence-corrected chi connectivity index (χ4v) is 2.31. The molecular weight excluding hydrogens is 280 g/mol. The summed E-state index contributed by atoms with van der Waals surface area (Å²) in [6.45, 7) is 1.76. The third kappa shape index (κ3) is 3.67. The van der Waals surface area contributed by atoms with E-state index in [2.05, 4.69) is 10.3 Å². The number of carbonyl (C=O) groups is 2. The lowest BCUT2D eigenvalue weighted by atomic mass is 10.2. The van der Waals surface area contributed by atoms with Crippen LogP contribution in [0.4, 0.5) is 0 Å². The van der Waals surface area contributed by atoms with Crippen molar-refractivity contribution < 1.29 is 19.1 Å². The van der Waals surface area contributed by atoms with Crippen molar-refractivity contribution in [2.75, 3.05) is 0 Å². The van der Waals surface area contributed by atoms with Gasteiger partial charge in [0.25, 0.3) is 0 Å². The van der Waals surface area contributed by atoms with Crippen LogP contribution in [0.15, 0.2) is 21.4 Å². The van der Waals surface area contributed by atoms with Gasteiger partial charge in [-0.1, -0.05) is 0 Å². The second-order valence-electron chi connectivity index (χ2n) is 4.24. The lowest BCUT2D eigenvalue weighted by Gasteiger charge is -2.01. The standard InChI is InChI=1S/C13H14N2O4S/c1-8-11(13(17)18)4-10(19-8)5-14-12(16)3-2-9-6-20-7-15-9/h4,6-7H,2-3,5H2,1H3,(H,14,16)(H,17,18). The van der Waals surface area contributed by atoms with Crippen LogP contribution in [0.25, 0.3) is 0 Å². The maximum Gasteiger partial charge on any atom is 0.339 e. The summed E-state index contributed by atoms with van der Waals surface area (Å²) in [6.07, 6.45) is 0.933. The number of amides is 1. The van der Waals surface area contributed by atoms with Gasteiger partial charge in [-0.15, -0.1) is 11.3 Å². The topological polar surface area (TPSA) is 92.4 Å². The van der Waals surface area contributed by atoms with Gasteiger partial charge in [0.1, 0.15) is 17.1 Å². The van der Waals surface area contributed by atoms with Gasteiger partial charge in [-0.2, -0.15) is 0 Å². The van der Waals surface area contributed by atoms with Crippen LogP contribution in [-0.2, 0) is 17.8 Å². The van der Waals surface area contributed by atoms with Gasteiger partial charge in [0, 0.05) is 11.8 Å². The Bertz CT molecular complexity index is 604. The van der Waals surface area contributed by atoms with E-state index in [1.54, 1.807) is 12.4 Å². The Labute approximate surface area is 119 Å². The van der Waals surface area contributed by atoms with Gasteiger partial charge in [-0.05, 0) is 19.4 Å². The molecule has 2 aromatic rings. The number of nitrogens with zero attached hydrogens (tertiary/aromatic N) is 1. The molecule has 0 atom stereocenters. The number of hydrogen-bond acceptors (Lipinski definition) is 5. The average molecular weight is 294 g/mol. The second kappa shape index (κ2) is 6.33. The first-order valence-corrected chi connectivity index (χ1v) is 6.97. The quantitative estimate of drug-likeness (QED) is 0.850. The molecule has 7 heteroatoms. The van der Waals surface area contributed by atoms with Crippen molar-refractivity contribution in [2.45, 2.75) is 26.3 Å². The van der Waals surface area contributed by atoms with Crippen molar-refractivity contribution in [1.29, 1.82) is 0 Å². The number of aromatic carboxylic acids is 1. The Morgan fingerprint density at radius 3 is 2.90 bits per heavy atom. The molecule has 2 N–H and O–H groups in total. The predicted molar refractivity (Wildman–Crippen MR) is 72.7 cm³/mol. The molecule has 0 aliphatic heterocycles. The van der Waals surface area contributed by atoms with Gasteiger partial charge < -0.3 is 14.8 Å². The predicted octanol–water partition coefficient (Wildman–Crippen LogP) is 1.99. The molecule has 0 saturated carbocycles. The summed E-state index contributed by atoms with van der Waals surface area (Å²) in [5.74, 6) is -0.387. The average Bonchev–Trinajstić information content (AvgIpc) is 3.03. The lowest BCUT2D eigenvalue weighted by molar-refractivity contribution is -0.121. The number of aryl methyl sites for hydroxylation is 2. The Morgan fingerprint density at radius 2 is 2.30 bits per heavy atom. The highest BCUT2D eigenvalue weighted by Gasteiger charge is 2.14. The van der Waals surface area contributed by atoms with Crippen LogP contribution in [0.1, 0.15) is 34.0 Å². The third-order valence-corrected chi connectivity index (χ3v) is 3.39. The molecule has 106 valence electrons. The van der Waals surface area contributed by atoms with E-state index in [-0.39, 0.29) is 18.0 Å². The normalized spacial score (nSPS) is 10.4. The zero-order valence-electron chi connectivity index (χ0n) is 10.9. The van der Waals surface area contributed by atoms with E-state index in [0.717, 1.165) is 5.69 Å². The molecule has 2 heterocycles. The Hall–Kier alpha value is -2.15. The Kier molecular flexibility index (Phi) is 4.52. The highest BCUT2D eigenvalue weighted by atomic mass is 32.1. The maximum atomic E-state index is 11.6. The summed E-state index contributed by atoms with van der Waals surface area (Å²) >= 11 is 1.50. The van der Waals surface area contributed by atoms with Crippen LogP contribution in [0.3, 0.4) is 0 Å². The molecule has 0 aliphatic carbocycles. The molecule has 20 heavy (non-hydrogen) atoms. The number of nitrogens with one attached hydrogen (secondary N) is 1. The number of thiazole rings is 1. The summed E-state index contributed by atoms with van der Waals surface area (Å²) in [4.78, 5) is 26.6. The van der Waals surface area contributed by atoms with Crippen LogP contribution < -0.4 is 5.32 Å². The SMILES string of the molecule is Cc1oc(CNC(=O)CCc2cscn2)cc1C(=O)O. The summed E-state index contributed by atoms with van der Waals surface area (Å²) in [5, 5.41) is 13.5. The van der Waals surface area contributed by atoms with Crippen molar-refractivity contribution in [3.8, 4) is 0 Å². The van der Waals surface area contributed by atoms with Crippen molar-refractivity contribution in [2.24, 2.45) is 0 Å². The molecule has 0 aliphatic rings. The minimum absolute atomic E-state index is 0.121. The first-order chi connectivity index (χ1) is 9.56. The van der Waals surface area contributed by atoms with Crippen molar-refractivity contribution in [1.82, 2.24) is 10.3 Å². The molecule has 0 aromatic carbocycles. The highest BCUT2D eigenvalue weighted by molar-refractivity contribution is 7.07. The number of carboxylic acid groups (broad SMARTS) is 1. The first-order valence-electron chi connectivity index (χ1n) is 6.02. The molecule has 0 saturated heterocycles. The summed E-state index contributed by atoms with van der Waals surface area (Å²) in [7, 11) is 0. The van der Waals surface area contributed by atoms with E-state index < -0.39 is 5.97 Å². The molecule has 2 aromatic heterocycles. The third-order valence-electron chi connectivity index (χ3n) is 2.75. The summed E-state index contributed by atoms with van der Waals surface area (Å²) in [5.41, 5.74) is 2.75. The van der Waals surface area contributed by atoms with Crippen LogP contribution in [0.5, 0.6) is 0 Å². The molecule has 2 rings (SSSR count). The van der Waals surface area contributed by atoms with Gasteiger partial charge in [-0.25, -0.2) is 9.78 Å². The molecular formula is C13H14N2O4S. The lowest BCUT2D eigenvalue weighted by Crippen LogP contribution is -2.22. The number of aromatic nitrogens is 1. The minimum atomic E-state index is -1.03. The Morgan fingerprint density at radius 1 is 1.50 bits per heavy atom. The molecule has 1 amide bonds. The number of hydrogen-bond donors (Lipinski definition) is 2. The molecule has 0 unspecified atom stereocenters. The number of carbonyl (C=O) groups excluding carboxylic acids is 1. The Balaban J connectivity index is 1.81. The van der Waals surface area contributed by atoms with E-state index in [1.807, 2.05) is 5.38 Å². The van der Waals surface area contributed by atoms with Gasteiger partial charge in [0.15, 0.2) is 0 Å². The fraction of sp³-hybridized carbons (Fsp3) is 0.308. The van der Waals surface area contributed by atoms with Gasteiger partial charge >= 0.3 is 5.97 Å². The van der Waals surface area contributed by atoms with E-state index >= 15 is 0 Å². The smallest absolute Gasteiger partial charge is 0.339 e. The number of carboxylic acids is 1. The highest BCUT2D eigenvalue weighted by Crippen LogP contribution is 2.14. The van der Waals surface area contributed by atoms with Crippen molar-refractivity contribution in [3.63, 3.8) is 0 Å². The zero-order valence-corrected chi connectivity index (χ0v) is 11.7. The molecule has 0 radical (unpaired) electrons. The molecule has 0 spiro atoms. The molecule has 6 nitrogen and oxygen atoms in total. The van der Waals surface area contributed by atoms with E-state index in [1.165, 1.54) is 17.4 Å². The monoisotopic (exact) mass is 294 g/mol. The van der Waals surface area contributed by atoms with Gasteiger partial charge in [0.05, 0.1) is 17.7 Å². The zero-order chi connectivity index (χ0) is 14.5. The molecule has 0 bridgehead atoms. The largest absolute Gasteiger partial charge is 0.478 e. The van der Waals surface area contributed by atoms with Crippen LogP contribution >= 0.6 is 11.3 Å². The van der Waals surface area contributed by atoms with Gasteiger partial charge in [0.2, 0.25) is 5.91 Å². The van der Waals surface area contributed by atoms with Crippen LogP contribution in [0.2, 0.25) is 0 Å². The summed E-state index contributed by atoms with van der Waals surface area (Å²) < 4.78 is 5.27. The fourth-order valence-electron chi connectivity index (χ4n) is 1.72. The van der Waals surface area contributed by atoms with E-state index in [0.29, 0.717) is 24.4 Å². The van der Waals surface area contributed by atoms with E-state index in [9.17, 15) is 9.59 Å². The van der Waals surface area contributed by atoms with Crippen LogP contribution in [-0.4, -0.2) is 22.0 Å². The summed E-state index contributed by atoms with van der Waals surface area (Å²) in [6, 6.07) is 1.43. The number of furan rings is 1. The molecule has 0 fully saturated rings. The van der Waals surface area contributed by atoms with Crippen LogP contribution in [0, 0.1) is 6.92 Å². The van der Waals surface area contributed by atoms with Gasteiger partial charge in [-0.3, -0.25) is 4.79 Å². The first kappa shape index (κ1) is 14.3. The number of rotatable bonds is 6. The van der Waals surface area contributed by atoms with Crippen molar-refractivity contribution >= 4 is 23.2 Å². The second-order valence-corrected chi connectivity index (χ2v) is 4.96. The van der Waals surface area contributed by atoms with E-state index in [4.69, 9.17) is 9.52 Å². The minimum Gasteiger partial charge on any atom is -0.478 e.